The molecule has 2 aromatic rings. The van der Waals surface area contributed by atoms with E-state index in [0.29, 0.717) is 12.5 Å². The van der Waals surface area contributed by atoms with Gasteiger partial charge in [-0.15, -0.1) is 0 Å². The van der Waals surface area contributed by atoms with Gasteiger partial charge in [-0.25, -0.2) is 4.98 Å². The number of hydrogen-bond acceptors (Lipinski definition) is 3. The van der Waals surface area contributed by atoms with Gasteiger partial charge < -0.3 is 10.5 Å². The molecule has 2 N–H and O–H groups in total. The number of ether oxygens (including phenoxy) is 1. The molecule has 0 saturated carbocycles. The fourth-order valence-electron chi connectivity index (χ4n) is 1.64. The number of rotatable bonds is 4. The minimum Gasteiger partial charge on any atom is -0.477 e. The Morgan fingerprint density at radius 3 is 2.83 bits per heavy atom. The first-order valence-corrected chi connectivity index (χ1v) is 6.55. The summed E-state index contributed by atoms with van der Waals surface area (Å²) in [5.41, 5.74) is 8.89. The summed E-state index contributed by atoms with van der Waals surface area (Å²) < 4.78 is 6.57. The first-order chi connectivity index (χ1) is 8.68. The van der Waals surface area contributed by atoms with Gasteiger partial charge >= 0.3 is 0 Å². The first-order valence-electron chi connectivity index (χ1n) is 5.76. The van der Waals surface area contributed by atoms with Crippen LogP contribution in [0, 0.1) is 6.92 Å². The predicted octanol–water partition coefficient (Wildman–Crippen LogP) is 3.36. The van der Waals surface area contributed by atoms with Crippen LogP contribution in [0.2, 0.25) is 0 Å². The monoisotopic (exact) mass is 306 g/mol. The number of halogens is 1. The summed E-state index contributed by atoms with van der Waals surface area (Å²) in [7, 11) is 0. The zero-order valence-corrected chi connectivity index (χ0v) is 11.8. The summed E-state index contributed by atoms with van der Waals surface area (Å²) in [4.78, 5) is 4.19. The topological polar surface area (TPSA) is 48.1 Å². The van der Waals surface area contributed by atoms with E-state index in [0.717, 1.165) is 27.7 Å². The number of nitrogens with two attached hydrogens (primary N) is 1. The lowest BCUT2D eigenvalue weighted by Crippen LogP contribution is -2.05. The van der Waals surface area contributed by atoms with E-state index in [1.54, 1.807) is 6.20 Å². The molecule has 1 aromatic heterocycles. The average molecular weight is 307 g/mol. The number of hydrogen-bond donors (Lipinski definition) is 1. The van der Waals surface area contributed by atoms with E-state index < -0.39 is 0 Å². The maximum atomic E-state index is 5.87. The molecule has 3 nitrogen and oxygen atoms in total. The van der Waals surface area contributed by atoms with E-state index in [1.807, 2.05) is 37.3 Å². The van der Waals surface area contributed by atoms with Gasteiger partial charge in [0.1, 0.15) is 0 Å². The molecule has 0 amide bonds. The molecule has 0 unspecified atom stereocenters. The highest BCUT2D eigenvalue weighted by atomic mass is 79.9. The molecule has 0 fully saturated rings. The van der Waals surface area contributed by atoms with Crippen LogP contribution in [0.3, 0.4) is 0 Å². The second-order valence-corrected chi connectivity index (χ2v) is 4.84. The molecule has 0 spiro atoms. The lowest BCUT2D eigenvalue weighted by molar-refractivity contribution is 0.307. The van der Waals surface area contributed by atoms with Gasteiger partial charge in [0.05, 0.1) is 11.1 Å². The second-order valence-electron chi connectivity index (χ2n) is 4.04. The van der Waals surface area contributed by atoms with Crippen LogP contribution in [0.15, 0.2) is 41.0 Å². The predicted molar refractivity (Wildman–Crippen MR) is 76.7 cm³/mol. The minimum absolute atomic E-state index is 0.559. The number of anilines is 1. The zero-order valence-electron chi connectivity index (χ0n) is 10.2. The third kappa shape index (κ3) is 3.01. The molecule has 0 aliphatic carbocycles. The Balaban J connectivity index is 1.97. The molecule has 1 heterocycles. The van der Waals surface area contributed by atoms with Crippen molar-refractivity contribution in [3.05, 3.63) is 52.1 Å². The van der Waals surface area contributed by atoms with Crippen molar-refractivity contribution in [2.24, 2.45) is 0 Å². The summed E-state index contributed by atoms with van der Waals surface area (Å²) in [5.74, 6) is 0.629. The summed E-state index contributed by atoms with van der Waals surface area (Å²) in [6.07, 6.45) is 2.51. The number of nitrogens with zero attached hydrogens (tertiary/aromatic N) is 1. The van der Waals surface area contributed by atoms with E-state index in [1.165, 1.54) is 0 Å². The van der Waals surface area contributed by atoms with Crippen molar-refractivity contribution in [3.8, 4) is 5.88 Å². The van der Waals surface area contributed by atoms with Crippen molar-refractivity contribution in [1.82, 2.24) is 4.98 Å². The van der Waals surface area contributed by atoms with Crippen molar-refractivity contribution >= 4 is 21.6 Å². The van der Waals surface area contributed by atoms with Crippen LogP contribution >= 0.6 is 15.9 Å². The number of pyridine rings is 1. The van der Waals surface area contributed by atoms with Crippen molar-refractivity contribution < 1.29 is 4.74 Å². The molecular formula is C14H15BrN2O. The molecule has 4 heteroatoms. The SMILES string of the molecule is Cc1ccnc(OCCc2ccccc2N)c1Br. The van der Waals surface area contributed by atoms with E-state index in [2.05, 4.69) is 20.9 Å². The van der Waals surface area contributed by atoms with Gasteiger partial charge in [0.25, 0.3) is 0 Å². The summed E-state index contributed by atoms with van der Waals surface area (Å²) in [5, 5.41) is 0. The summed E-state index contributed by atoms with van der Waals surface area (Å²) in [6.45, 7) is 2.57. The standard InChI is InChI=1S/C14H15BrN2O/c1-10-6-8-17-14(13(10)15)18-9-7-11-4-2-3-5-12(11)16/h2-6,8H,7,9,16H2,1H3. The van der Waals surface area contributed by atoms with Crippen LogP contribution < -0.4 is 10.5 Å². The van der Waals surface area contributed by atoms with Crippen LogP contribution in [-0.4, -0.2) is 11.6 Å². The van der Waals surface area contributed by atoms with Gasteiger partial charge in [-0.05, 0) is 46.1 Å². The molecule has 0 aliphatic heterocycles. The molecule has 0 atom stereocenters. The van der Waals surface area contributed by atoms with Crippen molar-refractivity contribution in [1.29, 1.82) is 0 Å². The van der Waals surface area contributed by atoms with E-state index >= 15 is 0 Å². The zero-order chi connectivity index (χ0) is 13.0. The summed E-state index contributed by atoms with van der Waals surface area (Å²) >= 11 is 3.47. The molecule has 1 aromatic carbocycles. The van der Waals surface area contributed by atoms with Crippen LogP contribution in [0.25, 0.3) is 0 Å². The van der Waals surface area contributed by atoms with Gasteiger partial charge in [0.15, 0.2) is 0 Å². The van der Waals surface area contributed by atoms with Crippen LogP contribution in [0.4, 0.5) is 5.69 Å². The second kappa shape index (κ2) is 5.87. The Hall–Kier alpha value is -1.55. The van der Waals surface area contributed by atoms with Gasteiger partial charge in [-0.2, -0.15) is 0 Å². The number of para-hydroxylation sites is 1. The number of nitrogen functional groups attached to an aromatic ring is 1. The van der Waals surface area contributed by atoms with Gasteiger partial charge in [-0.1, -0.05) is 18.2 Å². The van der Waals surface area contributed by atoms with E-state index in [9.17, 15) is 0 Å². The number of aryl methyl sites for hydroxylation is 1. The van der Waals surface area contributed by atoms with Gasteiger partial charge in [-0.3, -0.25) is 0 Å². The molecular weight excluding hydrogens is 292 g/mol. The molecule has 0 saturated heterocycles. The van der Waals surface area contributed by atoms with Crippen LogP contribution in [-0.2, 0) is 6.42 Å². The first kappa shape index (κ1) is 12.9. The van der Waals surface area contributed by atoms with Gasteiger partial charge in [0.2, 0.25) is 5.88 Å². The Kier molecular flexibility index (Phi) is 4.20. The molecule has 18 heavy (non-hydrogen) atoms. The van der Waals surface area contributed by atoms with Crippen molar-refractivity contribution in [2.75, 3.05) is 12.3 Å². The highest BCUT2D eigenvalue weighted by Gasteiger charge is 2.05. The van der Waals surface area contributed by atoms with Crippen LogP contribution in [0.5, 0.6) is 5.88 Å². The van der Waals surface area contributed by atoms with E-state index in [4.69, 9.17) is 10.5 Å². The van der Waals surface area contributed by atoms with Crippen molar-refractivity contribution in [3.63, 3.8) is 0 Å². The lowest BCUT2D eigenvalue weighted by Gasteiger charge is -2.09. The molecule has 94 valence electrons. The third-order valence-corrected chi connectivity index (χ3v) is 3.68. The fraction of sp³-hybridized carbons (Fsp3) is 0.214. The fourth-order valence-corrected chi connectivity index (χ4v) is 1.98. The normalized spacial score (nSPS) is 10.3. The molecule has 0 radical (unpaired) electrons. The van der Waals surface area contributed by atoms with E-state index in [-0.39, 0.29) is 0 Å². The van der Waals surface area contributed by atoms with Gasteiger partial charge in [0, 0.05) is 18.3 Å². The smallest absolute Gasteiger partial charge is 0.228 e. The summed E-state index contributed by atoms with van der Waals surface area (Å²) in [6, 6.07) is 9.75. The Labute approximate surface area is 115 Å². The average Bonchev–Trinajstić information content (AvgIpc) is 2.37. The highest BCUT2D eigenvalue weighted by molar-refractivity contribution is 9.10. The number of benzene rings is 1. The lowest BCUT2D eigenvalue weighted by atomic mass is 10.1. The largest absolute Gasteiger partial charge is 0.477 e. The molecule has 0 bridgehead atoms. The van der Waals surface area contributed by atoms with Crippen LogP contribution in [0.1, 0.15) is 11.1 Å². The molecule has 0 aliphatic rings. The highest BCUT2D eigenvalue weighted by Crippen LogP contribution is 2.25. The Morgan fingerprint density at radius 2 is 2.06 bits per heavy atom. The maximum absolute atomic E-state index is 5.87. The maximum Gasteiger partial charge on any atom is 0.228 e. The number of aromatic nitrogens is 1. The third-order valence-electron chi connectivity index (χ3n) is 2.72. The van der Waals surface area contributed by atoms with Crippen molar-refractivity contribution in [2.45, 2.75) is 13.3 Å². The Bertz CT molecular complexity index is 543. The quantitative estimate of drug-likeness (QED) is 0.881. The minimum atomic E-state index is 0.559. The Morgan fingerprint density at radius 1 is 1.28 bits per heavy atom. The molecule has 2 rings (SSSR count).